The fourth-order valence-corrected chi connectivity index (χ4v) is 2.39. The fraction of sp³-hybridized carbons (Fsp3) is 0.211. The van der Waals surface area contributed by atoms with E-state index in [4.69, 9.17) is 26.3 Å². The zero-order chi connectivity index (χ0) is 20.5. The van der Waals surface area contributed by atoms with Crippen molar-refractivity contribution in [2.24, 2.45) is 0 Å². The number of carbonyl (C=O) groups is 2. The Morgan fingerprint density at radius 1 is 1.18 bits per heavy atom. The van der Waals surface area contributed by atoms with Gasteiger partial charge >= 0.3 is 0 Å². The number of ether oxygens (including phenoxy) is 2. The highest BCUT2D eigenvalue weighted by atomic mass is 35.5. The van der Waals surface area contributed by atoms with E-state index >= 15 is 0 Å². The summed E-state index contributed by atoms with van der Waals surface area (Å²) in [6.07, 6.45) is 0.480. The van der Waals surface area contributed by atoms with Gasteiger partial charge < -0.3 is 14.6 Å². The van der Waals surface area contributed by atoms with Crippen LogP contribution in [0.3, 0.4) is 0 Å². The maximum Gasteiger partial charge on any atom is 0.273 e. The minimum atomic E-state index is -0.688. The molecule has 8 nitrogen and oxygen atoms in total. The number of halogens is 1. The lowest BCUT2D eigenvalue weighted by Crippen LogP contribution is -2.41. The minimum Gasteiger partial charge on any atom is -0.507 e. The van der Waals surface area contributed by atoms with Crippen LogP contribution in [0.2, 0.25) is 5.02 Å². The third-order valence-corrected chi connectivity index (χ3v) is 3.85. The van der Waals surface area contributed by atoms with Crippen LogP contribution in [0, 0.1) is 11.3 Å². The Kier molecular flexibility index (Phi) is 7.48. The summed E-state index contributed by atoms with van der Waals surface area (Å²) in [4.78, 5) is 23.8. The summed E-state index contributed by atoms with van der Waals surface area (Å²) in [7, 11) is 1.47. The first-order valence-corrected chi connectivity index (χ1v) is 8.61. The summed E-state index contributed by atoms with van der Waals surface area (Å²) < 4.78 is 10.7. The lowest BCUT2D eigenvalue weighted by molar-refractivity contribution is -0.122. The van der Waals surface area contributed by atoms with Crippen molar-refractivity contribution in [3.8, 4) is 23.3 Å². The molecule has 2 amide bonds. The van der Waals surface area contributed by atoms with Crippen LogP contribution in [-0.4, -0.2) is 30.6 Å². The summed E-state index contributed by atoms with van der Waals surface area (Å²) in [6.45, 7) is 0.235. The number of rotatable bonds is 7. The van der Waals surface area contributed by atoms with E-state index in [1.807, 2.05) is 6.07 Å². The van der Waals surface area contributed by atoms with Crippen molar-refractivity contribution in [2.75, 3.05) is 13.7 Å². The third-order valence-electron chi connectivity index (χ3n) is 3.62. The van der Waals surface area contributed by atoms with Gasteiger partial charge in [0.15, 0.2) is 11.5 Å². The first-order valence-electron chi connectivity index (χ1n) is 8.23. The number of phenols is 1. The first kappa shape index (κ1) is 20.9. The number of nitrogens with zero attached hydrogens (tertiary/aromatic N) is 1. The molecule has 0 saturated carbocycles. The Morgan fingerprint density at radius 2 is 1.96 bits per heavy atom. The van der Waals surface area contributed by atoms with E-state index in [1.54, 1.807) is 18.2 Å². The maximum absolute atomic E-state index is 12.0. The highest BCUT2D eigenvalue weighted by molar-refractivity contribution is 6.31. The first-order chi connectivity index (χ1) is 13.4. The second-order valence-electron chi connectivity index (χ2n) is 5.59. The standard InChI is InChI=1S/C19H18ClN3O5/c1-27-17-9-12(11-21)4-7-16(17)28-8-2-3-18(25)22-23-19(26)14-10-13(20)5-6-15(14)24/h4-7,9-10,24H,2-3,8H2,1H3,(H,22,25)(H,23,26). The number of carbonyl (C=O) groups excluding carboxylic acids is 2. The third kappa shape index (κ3) is 5.79. The number of hydrogen-bond acceptors (Lipinski definition) is 6. The second kappa shape index (κ2) is 10.0. The zero-order valence-corrected chi connectivity index (χ0v) is 15.7. The number of phenolic OH excluding ortho intramolecular Hbond substituents is 1. The fourth-order valence-electron chi connectivity index (χ4n) is 2.22. The van der Waals surface area contributed by atoms with Crippen LogP contribution in [0.25, 0.3) is 0 Å². The summed E-state index contributed by atoms with van der Waals surface area (Å²) >= 11 is 5.78. The molecule has 0 fully saturated rings. The van der Waals surface area contributed by atoms with Gasteiger partial charge in [-0.15, -0.1) is 0 Å². The summed E-state index contributed by atoms with van der Waals surface area (Å²) in [6, 6.07) is 10.8. The molecule has 146 valence electrons. The quantitative estimate of drug-likeness (QED) is 0.482. The Hall–Kier alpha value is -3.44. The van der Waals surface area contributed by atoms with Crippen molar-refractivity contribution >= 4 is 23.4 Å². The number of methoxy groups -OCH3 is 1. The van der Waals surface area contributed by atoms with Crippen LogP contribution < -0.4 is 20.3 Å². The molecule has 28 heavy (non-hydrogen) atoms. The van der Waals surface area contributed by atoms with E-state index in [0.29, 0.717) is 23.5 Å². The van der Waals surface area contributed by atoms with Gasteiger partial charge in [0.2, 0.25) is 5.91 Å². The van der Waals surface area contributed by atoms with Gasteiger partial charge in [0.05, 0.1) is 30.9 Å². The molecule has 0 unspecified atom stereocenters. The Balaban J connectivity index is 1.75. The number of hydrazine groups is 1. The van der Waals surface area contributed by atoms with Gasteiger partial charge in [0.25, 0.3) is 5.91 Å². The number of benzene rings is 2. The molecule has 0 spiro atoms. The molecule has 0 aromatic heterocycles. The molecule has 3 N–H and O–H groups in total. The number of hydrogen-bond donors (Lipinski definition) is 3. The highest BCUT2D eigenvalue weighted by Crippen LogP contribution is 2.28. The smallest absolute Gasteiger partial charge is 0.273 e. The topological polar surface area (TPSA) is 121 Å². The van der Waals surface area contributed by atoms with Crippen LogP contribution in [0.1, 0.15) is 28.8 Å². The molecule has 0 atom stereocenters. The van der Waals surface area contributed by atoms with Crippen molar-refractivity contribution in [2.45, 2.75) is 12.8 Å². The van der Waals surface area contributed by atoms with Crippen molar-refractivity contribution < 1.29 is 24.2 Å². The molecule has 0 heterocycles. The van der Waals surface area contributed by atoms with E-state index in [2.05, 4.69) is 10.9 Å². The average Bonchev–Trinajstić information content (AvgIpc) is 2.71. The van der Waals surface area contributed by atoms with Crippen LogP contribution in [0.5, 0.6) is 17.2 Å². The molecule has 9 heteroatoms. The van der Waals surface area contributed by atoms with Gasteiger partial charge in [-0.1, -0.05) is 11.6 Å². The second-order valence-corrected chi connectivity index (χ2v) is 6.03. The number of aromatic hydroxyl groups is 1. The molecule has 0 bridgehead atoms. The van der Waals surface area contributed by atoms with Crippen molar-refractivity contribution in [3.05, 3.63) is 52.5 Å². The molecule has 2 aromatic rings. The summed E-state index contributed by atoms with van der Waals surface area (Å²) in [5.41, 5.74) is 4.86. The molecule has 2 aromatic carbocycles. The predicted octanol–water partition coefficient (Wildman–Crippen LogP) is 2.55. The number of amides is 2. The lowest BCUT2D eigenvalue weighted by atomic mass is 10.2. The molecular formula is C19H18ClN3O5. The van der Waals surface area contributed by atoms with Crippen molar-refractivity contribution in [3.63, 3.8) is 0 Å². The molecule has 0 aliphatic heterocycles. The highest BCUT2D eigenvalue weighted by Gasteiger charge is 2.13. The van der Waals surface area contributed by atoms with Gasteiger partial charge in [0, 0.05) is 17.5 Å². The Bertz CT molecular complexity index is 911. The van der Waals surface area contributed by atoms with Gasteiger partial charge in [-0.3, -0.25) is 20.4 Å². The van der Waals surface area contributed by atoms with Crippen LogP contribution in [-0.2, 0) is 4.79 Å². The lowest BCUT2D eigenvalue weighted by Gasteiger charge is -2.11. The summed E-state index contributed by atoms with van der Waals surface area (Å²) in [5.74, 6) is -0.471. The van der Waals surface area contributed by atoms with Gasteiger partial charge in [-0.05, 0) is 36.8 Å². The number of nitriles is 1. The molecular weight excluding hydrogens is 386 g/mol. The Morgan fingerprint density at radius 3 is 2.68 bits per heavy atom. The SMILES string of the molecule is COc1cc(C#N)ccc1OCCCC(=O)NNC(=O)c1cc(Cl)ccc1O. The van der Waals surface area contributed by atoms with E-state index < -0.39 is 11.8 Å². The molecule has 0 aliphatic carbocycles. The minimum absolute atomic E-state index is 0.0518. The van der Waals surface area contributed by atoms with E-state index in [9.17, 15) is 14.7 Å². The van der Waals surface area contributed by atoms with Gasteiger partial charge in [-0.2, -0.15) is 5.26 Å². The normalized spacial score (nSPS) is 9.89. The van der Waals surface area contributed by atoms with E-state index in [0.717, 1.165) is 0 Å². The average molecular weight is 404 g/mol. The van der Waals surface area contributed by atoms with Gasteiger partial charge in [-0.25, -0.2) is 0 Å². The summed E-state index contributed by atoms with van der Waals surface area (Å²) in [5, 5.41) is 18.8. The molecule has 0 aliphatic rings. The molecule has 2 rings (SSSR count). The largest absolute Gasteiger partial charge is 0.507 e. The van der Waals surface area contributed by atoms with Crippen LogP contribution >= 0.6 is 11.6 Å². The van der Waals surface area contributed by atoms with E-state index in [-0.39, 0.29) is 29.4 Å². The monoisotopic (exact) mass is 403 g/mol. The predicted molar refractivity (Wildman–Crippen MR) is 101 cm³/mol. The van der Waals surface area contributed by atoms with Crippen molar-refractivity contribution in [1.29, 1.82) is 5.26 Å². The van der Waals surface area contributed by atoms with Crippen LogP contribution in [0.4, 0.5) is 0 Å². The molecule has 0 radical (unpaired) electrons. The Labute approximate surface area is 166 Å². The number of nitrogens with one attached hydrogen (secondary N) is 2. The van der Waals surface area contributed by atoms with Crippen LogP contribution in [0.15, 0.2) is 36.4 Å². The van der Waals surface area contributed by atoms with Gasteiger partial charge in [0.1, 0.15) is 5.75 Å². The zero-order valence-electron chi connectivity index (χ0n) is 15.0. The molecule has 0 saturated heterocycles. The maximum atomic E-state index is 12.0. The van der Waals surface area contributed by atoms with Crippen molar-refractivity contribution in [1.82, 2.24) is 10.9 Å². The van der Waals surface area contributed by atoms with E-state index in [1.165, 1.54) is 25.3 Å².